The Kier molecular flexibility index (Phi) is 14.6. The van der Waals surface area contributed by atoms with Crippen LogP contribution < -0.4 is 9.80 Å². The Balaban J connectivity index is 0.000000208. The third kappa shape index (κ3) is 9.66. The molecule has 288 valence electrons. The van der Waals surface area contributed by atoms with Gasteiger partial charge in [-0.3, -0.25) is 19.4 Å². The zero-order chi connectivity index (χ0) is 38.6. The van der Waals surface area contributed by atoms with Gasteiger partial charge in [0.15, 0.2) is 11.6 Å². The third-order valence-corrected chi connectivity index (χ3v) is 11.4. The molecule has 6 rings (SSSR count). The van der Waals surface area contributed by atoms with Gasteiger partial charge in [-0.05, 0) is 114 Å². The van der Waals surface area contributed by atoms with Crippen molar-refractivity contribution in [1.29, 1.82) is 0 Å². The van der Waals surface area contributed by atoms with Gasteiger partial charge in [-0.1, -0.05) is 74.5 Å². The molecule has 54 heavy (non-hydrogen) atoms. The van der Waals surface area contributed by atoms with Crippen molar-refractivity contribution < 1.29 is 19.1 Å². The number of carbonyl (C=O) groups excluding carboxylic acids is 2. The third-order valence-electron chi connectivity index (χ3n) is 11.4. The highest BCUT2D eigenvalue weighted by Gasteiger charge is 2.40. The molecule has 2 aliphatic heterocycles. The van der Waals surface area contributed by atoms with Gasteiger partial charge >= 0.3 is 0 Å². The van der Waals surface area contributed by atoms with Crippen LogP contribution in [-0.4, -0.2) is 113 Å². The van der Waals surface area contributed by atoms with Crippen LogP contribution in [0.4, 0.5) is 11.4 Å². The van der Waals surface area contributed by atoms with Crippen molar-refractivity contribution >= 4 is 22.9 Å². The van der Waals surface area contributed by atoms with E-state index in [1.807, 2.05) is 88.9 Å². The van der Waals surface area contributed by atoms with Gasteiger partial charge in [-0.25, -0.2) is 0 Å². The van der Waals surface area contributed by atoms with Gasteiger partial charge < -0.3 is 19.3 Å². The number of likely N-dealkylation sites (N-methyl/N-ethyl adjacent to an activating group) is 2. The maximum atomic E-state index is 13.6. The van der Waals surface area contributed by atoms with E-state index in [2.05, 4.69) is 82.0 Å². The van der Waals surface area contributed by atoms with Crippen LogP contribution in [-0.2, 0) is 22.3 Å². The van der Waals surface area contributed by atoms with Gasteiger partial charge in [0.1, 0.15) is 0 Å². The van der Waals surface area contributed by atoms with Crippen molar-refractivity contribution in [1.82, 2.24) is 9.80 Å². The summed E-state index contributed by atoms with van der Waals surface area (Å²) in [4.78, 5) is 35.9. The van der Waals surface area contributed by atoms with Gasteiger partial charge in [-0.2, -0.15) is 0 Å². The zero-order valence-corrected chi connectivity index (χ0v) is 33.3. The van der Waals surface area contributed by atoms with Crippen molar-refractivity contribution in [3.05, 3.63) is 131 Å². The molecule has 0 N–H and O–H groups in total. The molecule has 2 heterocycles. The normalized spacial score (nSPS) is 17.0. The first-order valence-corrected chi connectivity index (χ1v) is 19.5. The van der Waals surface area contributed by atoms with Gasteiger partial charge in [0, 0.05) is 48.7 Å². The molecule has 4 aromatic carbocycles. The van der Waals surface area contributed by atoms with E-state index in [0.717, 1.165) is 87.9 Å². The largest absolute Gasteiger partial charge is 0.378 e. The van der Waals surface area contributed by atoms with E-state index in [9.17, 15) is 9.59 Å². The predicted molar refractivity (Wildman–Crippen MR) is 221 cm³/mol. The number of anilines is 2. The molecule has 2 unspecified atom stereocenters. The van der Waals surface area contributed by atoms with E-state index in [1.165, 1.54) is 11.1 Å². The maximum absolute atomic E-state index is 13.6. The lowest BCUT2D eigenvalue weighted by molar-refractivity contribution is 0.0661. The second kappa shape index (κ2) is 19.3. The first-order valence-electron chi connectivity index (χ1n) is 19.5. The van der Waals surface area contributed by atoms with Crippen molar-refractivity contribution in [3.8, 4) is 0 Å². The van der Waals surface area contributed by atoms with Crippen LogP contribution in [0.3, 0.4) is 0 Å². The fourth-order valence-electron chi connectivity index (χ4n) is 7.78. The first-order chi connectivity index (χ1) is 26.1. The summed E-state index contributed by atoms with van der Waals surface area (Å²) < 4.78 is 10.8. The molecule has 0 bridgehead atoms. The fourth-order valence-corrected chi connectivity index (χ4v) is 7.78. The van der Waals surface area contributed by atoms with E-state index in [-0.39, 0.29) is 11.6 Å². The fraction of sp³-hybridized carbons (Fsp3) is 0.435. The molecule has 8 nitrogen and oxygen atoms in total. The Morgan fingerprint density at radius 1 is 0.519 bits per heavy atom. The molecule has 2 fully saturated rings. The number of carbonyl (C=O) groups is 2. The predicted octanol–water partition coefficient (Wildman–Crippen LogP) is 7.32. The van der Waals surface area contributed by atoms with Crippen LogP contribution in [0.1, 0.15) is 58.5 Å². The highest BCUT2D eigenvalue weighted by molar-refractivity contribution is 6.04. The maximum Gasteiger partial charge on any atom is 0.183 e. The standard InChI is InChI=1S/2C23H30N2O2/c2*1-4-23(24(2)3,18-19-8-6-5-7-9-19)22(26)20-10-12-21(13-11-20)25-14-16-27-17-15-25/h2*5-13H,4,14-18H2,1-3H3. The van der Waals surface area contributed by atoms with Crippen molar-refractivity contribution in [2.75, 3.05) is 90.6 Å². The Labute approximate surface area is 323 Å². The number of rotatable bonds is 14. The van der Waals surface area contributed by atoms with E-state index < -0.39 is 11.1 Å². The molecule has 0 aliphatic carbocycles. The number of nitrogens with zero attached hydrogens (tertiary/aromatic N) is 4. The van der Waals surface area contributed by atoms with Gasteiger partial charge in [0.05, 0.1) is 37.5 Å². The molecule has 2 aliphatic rings. The summed E-state index contributed by atoms with van der Waals surface area (Å²) >= 11 is 0. The van der Waals surface area contributed by atoms with Crippen LogP contribution in [0.5, 0.6) is 0 Å². The number of hydrogen-bond donors (Lipinski definition) is 0. The molecule has 0 radical (unpaired) electrons. The molecule has 0 amide bonds. The molecule has 0 saturated carbocycles. The molecule has 8 heteroatoms. The van der Waals surface area contributed by atoms with E-state index >= 15 is 0 Å². The Morgan fingerprint density at radius 3 is 1.11 bits per heavy atom. The van der Waals surface area contributed by atoms with Crippen LogP contribution in [0.2, 0.25) is 0 Å². The number of ketones is 2. The molecule has 4 aromatic rings. The average molecular weight is 733 g/mol. The number of ether oxygens (including phenoxy) is 2. The van der Waals surface area contributed by atoms with Crippen LogP contribution >= 0.6 is 0 Å². The lowest BCUT2D eigenvalue weighted by Gasteiger charge is -2.38. The molecule has 0 aromatic heterocycles. The minimum absolute atomic E-state index is 0.187. The van der Waals surface area contributed by atoms with Crippen molar-refractivity contribution in [3.63, 3.8) is 0 Å². The summed E-state index contributed by atoms with van der Waals surface area (Å²) in [6.45, 7) is 10.8. The number of hydrogen-bond acceptors (Lipinski definition) is 8. The summed E-state index contributed by atoms with van der Waals surface area (Å²) in [5, 5.41) is 0. The smallest absolute Gasteiger partial charge is 0.183 e. The van der Waals surface area contributed by atoms with Gasteiger partial charge in [0.2, 0.25) is 0 Å². The van der Waals surface area contributed by atoms with Gasteiger partial charge in [0.25, 0.3) is 0 Å². The second-order valence-electron chi connectivity index (χ2n) is 14.8. The lowest BCUT2D eigenvalue weighted by Crippen LogP contribution is -2.52. The molecule has 2 saturated heterocycles. The van der Waals surface area contributed by atoms with E-state index in [4.69, 9.17) is 9.47 Å². The highest BCUT2D eigenvalue weighted by Crippen LogP contribution is 2.30. The molecular weight excluding hydrogens is 673 g/mol. The Morgan fingerprint density at radius 2 is 0.833 bits per heavy atom. The first kappa shape index (κ1) is 40.8. The van der Waals surface area contributed by atoms with Crippen molar-refractivity contribution in [2.45, 2.75) is 50.6 Å². The summed E-state index contributed by atoms with van der Waals surface area (Å²) in [5.41, 5.74) is 5.16. The van der Waals surface area contributed by atoms with E-state index in [1.54, 1.807) is 0 Å². The number of morpholine rings is 2. The lowest BCUT2D eigenvalue weighted by atomic mass is 9.80. The van der Waals surface area contributed by atoms with Crippen LogP contribution in [0.15, 0.2) is 109 Å². The quantitative estimate of drug-likeness (QED) is 0.125. The Hall–Kier alpha value is -4.34. The molecular formula is C46H60N4O4. The average Bonchev–Trinajstić information content (AvgIpc) is 3.23. The summed E-state index contributed by atoms with van der Waals surface area (Å²) in [6, 6.07) is 36.7. The summed E-state index contributed by atoms with van der Waals surface area (Å²) in [6.07, 6.45) is 2.95. The Bertz CT molecular complexity index is 1600. The second-order valence-corrected chi connectivity index (χ2v) is 14.8. The monoisotopic (exact) mass is 732 g/mol. The van der Waals surface area contributed by atoms with Gasteiger partial charge in [-0.15, -0.1) is 0 Å². The SMILES string of the molecule is CCC(Cc1ccccc1)(C(=O)c1ccc(N2CCOCC2)cc1)N(C)C.CCC(Cc1ccccc1)(C(=O)c1ccc(N2CCOCC2)cc1)N(C)C. The summed E-state index contributed by atoms with van der Waals surface area (Å²) in [5.74, 6) is 0.375. The molecule has 0 spiro atoms. The zero-order valence-electron chi connectivity index (χ0n) is 33.3. The number of benzene rings is 4. The topological polar surface area (TPSA) is 65.6 Å². The minimum Gasteiger partial charge on any atom is -0.378 e. The van der Waals surface area contributed by atoms with Crippen LogP contribution in [0.25, 0.3) is 0 Å². The molecule has 2 atom stereocenters. The highest BCUT2D eigenvalue weighted by atomic mass is 16.5. The summed E-state index contributed by atoms with van der Waals surface area (Å²) in [7, 11) is 8.03. The number of Topliss-reactive ketones (excluding diaryl/α,β-unsaturated/α-hetero) is 2. The van der Waals surface area contributed by atoms with Crippen molar-refractivity contribution in [2.24, 2.45) is 0 Å². The van der Waals surface area contributed by atoms with E-state index in [0.29, 0.717) is 12.8 Å². The minimum atomic E-state index is -0.540. The van der Waals surface area contributed by atoms with Crippen LogP contribution in [0, 0.1) is 0 Å².